The van der Waals surface area contributed by atoms with Crippen LogP contribution in [-0.4, -0.2) is 26.2 Å². The summed E-state index contributed by atoms with van der Waals surface area (Å²) in [6, 6.07) is 19.7. The molecule has 0 radical (unpaired) electrons. The first-order valence-corrected chi connectivity index (χ1v) is 9.90. The molecule has 2 aromatic carbocycles. The van der Waals surface area contributed by atoms with Crippen LogP contribution in [0.15, 0.2) is 71.5 Å². The lowest BCUT2D eigenvalue weighted by Crippen LogP contribution is -2.21. The number of aromatic nitrogens is 4. The normalized spacial score (nSPS) is 10.4. The van der Waals surface area contributed by atoms with Crippen molar-refractivity contribution < 1.29 is 4.79 Å². The molecule has 0 fully saturated rings. The molecule has 0 atom stereocenters. The van der Waals surface area contributed by atoms with Crippen molar-refractivity contribution in [3.8, 4) is 11.3 Å². The van der Waals surface area contributed by atoms with Crippen LogP contribution in [0.3, 0.4) is 0 Å². The number of carbonyl (C=O) groups is 1. The highest BCUT2D eigenvalue weighted by molar-refractivity contribution is 6.01. The SMILES string of the molecule is Cc1nc(Nc2ccccc2NC(=O)Nc2ccc(-c3ccccc3)nn2)[nH]c(=O)c1C. The summed E-state index contributed by atoms with van der Waals surface area (Å²) in [5, 5.41) is 16.7. The number of hydrogen-bond donors (Lipinski definition) is 4. The molecule has 2 heterocycles. The Labute approximate surface area is 184 Å². The number of carbonyl (C=O) groups excluding carboxylic acids is 1. The molecule has 160 valence electrons. The Hall–Kier alpha value is -4.53. The predicted molar refractivity (Wildman–Crippen MR) is 124 cm³/mol. The highest BCUT2D eigenvalue weighted by atomic mass is 16.2. The smallest absolute Gasteiger partial charge is 0.324 e. The van der Waals surface area contributed by atoms with Crippen molar-refractivity contribution in [2.45, 2.75) is 13.8 Å². The Kier molecular flexibility index (Phi) is 5.89. The first-order valence-electron chi connectivity index (χ1n) is 9.90. The molecule has 0 bridgehead atoms. The van der Waals surface area contributed by atoms with Gasteiger partial charge in [0, 0.05) is 16.8 Å². The van der Waals surface area contributed by atoms with Crippen LogP contribution in [0.5, 0.6) is 0 Å². The molecule has 0 aliphatic carbocycles. The second-order valence-corrected chi connectivity index (χ2v) is 7.04. The standard InChI is InChI=1S/C23H21N7O2/c1-14-15(2)24-22(28-21(14)31)25-18-10-6-7-11-19(18)26-23(32)27-20-13-12-17(29-30-20)16-8-4-3-5-9-16/h3-13H,1-2H3,(H2,24,25,28,31)(H2,26,27,30,32). The topological polar surface area (TPSA) is 125 Å². The van der Waals surface area contributed by atoms with E-state index in [2.05, 4.69) is 36.1 Å². The fourth-order valence-electron chi connectivity index (χ4n) is 2.96. The van der Waals surface area contributed by atoms with Gasteiger partial charge in [-0.1, -0.05) is 42.5 Å². The van der Waals surface area contributed by atoms with Crippen LogP contribution in [0.4, 0.5) is 27.9 Å². The molecule has 4 aromatic rings. The molecule has 0 unspecified atom stereocenters. The molecule has 4 N–H and O–H groups in total. The van der Waals surface area contributed by atoms with Gasteiger partial charge in [-0.15, -0.1) is 10.2 Å². The number of anilines is 4. The molecule has 32 heavy (non-hydrogen) atoms. The van der Waals surface area contributed by atoms with Gasteiger partial charge < -0.3 is 10.6 Å². The molecule has 0 aliphatic heterocycles. The van der Waals surface area contributed by atoms with Gasteiger partial charge in [0.1, 0.15) is 0 Å². The van der Waals surface area contributed by atoms with Crippen LogP contribution in [0.25, 0.3) is 11.3 Å². The highest BCUT2D eigenvalue weighted by Gasteiger charge is 2.10. The third-order valence-electron chi connectivity index (χ3n) is 4.80. The Morgan fingerprint density at radius 2 is 1.56 bits per heavy atom. The molecule has 2 aromatic heterocycles. The van der Waals surface area contributed by atoms with Gasteiger partial charge in [-0.3, -0.25) is 15.1 Å². The van der Waals surface area contributed by atoms with Crippen molar-refractivity contribution in [2.24, 2.45) is 0 Å². The number of para-hydroxylation sites is 2. The molecule has 9 nitrogen and oxygen atoms in total. The quantitative estimate of drug-likeness (QED) is 0.378. The van der Waals surface area contributed by atoms with E-state index in [-0.39, 0.29) is 11.5 Å². The predicted octanol–water partition coefficient (Wildman–Crippen LogP) is 4.23. The first-order chi connectivity index (χ1) is 15.5. The van der Waals surface area contributed by atoms with E-state index in [9.17, 15) is 9.59 Å². The first kappa shape index (κ1) is 20.7. The van der Waals surface area contributed by atoms with Gasteiger partial charge in [0.25, 0.3) is 5.56 Å². The number of amides is 2. The molecule has 0 aliphatic rings. The van der Waals surface area contributed by atoms with E-state index >= 15 is 0 Å². The van der Waals surface area contributed by atoms with Gasteiger partial charge >= 0.3 is 6.03 Å². The van der Waals surface area contributed by atoms with Crippen molar-refractivity contribution in [2.75, 3.05) is 16.0 Å². The zero-order valence-electron chi connectivity index (χ0n) is 17.5. The lowest BCUT2D eigenvalue weighted by atomic mass is 10.1. The second kappa shape index (κ2) is 9.09. The average molecular weight is 427 g/mol. The Balaban J connectivity index is 1.45. The van der Waals surface area contributed by atoms with Crippen molar-refractivity contribution in [1.29, 1.82) is 0 Å². The van der Waals surface area contributed by atoms with Crippen LogP contribution in [0.1, 0.15) is 11.3 Å². The second-order valence-electron chi connectivity index (χ2n) is 7.04. The van der Waals surface area contributed by atoms with Crippen LogP contribution in [0.2, 0.25) is 0 Å². The number of benzene rings is 2. The van der Waals surface area contributed by atoms with Crippen molar-refractivity contribution in [1.82, 2.24) is 20.2 Å². The lowest BCUT2D eigenvalue weighted by molar-refractivity contribution is 0.262. The maximum absolute atomic E-state index is 12.5. The molecule has 9 heteroatoms. The van der Waals surface area contributed by atoms with Crippen LogP contribution in [-0.2, 0) is 0 Å². The number of nitrogens with one attached hydrogen (secondary N) is 4. The molecule has 0 saturated carbocycles. The summed E-state index contributed by atoms with van der Waals surface area (Å²) < 4.78 is 0. The summed E-state index contributed by atoms with van der Waals surface area (Å²) in [6.07, 6.45) is 0. The molecule has 0 saturated heterocycles. The Morgan fingerprint density at radius 3 is 2.25 bits per heavy atom. The van der Waals surface area contributed by atoms with Crippen molar-refractivity contribution in [3.63, 3.8) is 0 Å². The van der Waals surface area contributed by atoms with E-state index in [1.807, 2.05) is 30.3 Å². The van der Waals surface area contributed by atoms with Gasteiger partial charge in [0.15, 0.2) is 5.82 Å². The summed E-state index contributed by atoms with van der Waals surface area (Å²) >= 11 is 0. The van der Waals surface area contributed by atoms with E-state index in [0.717, 1.165) is 5.56 Å². The monoisotopic (exact) mass is 427 g/mol. The van der Waals surface area contributed by atoms with E-state index < -0.39 is 6.03 Å². The van der Waals surface area contributed by atoms with E-state index in [1.165, 1.54) is 0 Å². The lowest BCUT2D eigenvalue weighted by Gasteiger charge is -2.13. The maximum Gasteiger partial charge on any atom is 0.324 e. The number of rotatable bonds is 5. The average Bonchev–Trinajstić information content (AvgIpc) is 2.80. The molecule has 4 rings (SSSR count). The number of nitrogens with zero attached hydrogens (tertiary/aromatic N) is 3. The van der Waals surface area contributed by atoms with E-state index in [4.69, 9.17) is 0 Å². The fraction of sp³-hybridized carbons (Fsp3) is 0.0870. The van der Waals surface area contributed by atoms with Crippen molar-refractivity contribution >= 4 is 29.2 Å². The Morgan fingerprint density at radius 1 is 0.844 bits per heavy atom. The minimum atomic E-state index is -0.484. The summed E-state index contributed by atoms with van der Waals surface area (Å²) in [6.45, 7) is 3.47. The number of urea groups is 1. The number of aryl methyl sites for hydroxylation is 1. The zero-order chi connectivity index (χ0) is 22.5. The van der Waals surface area contributed by atoms with Gasteiger partial charge in [-0.2, -0.15) is 0 Å². The summed E-state index contributed by atoms with van der Waals surface area (Å²) in [4.78, 5) is 31.5. The maximum atomic E-state index is 12.5. The summed E-state index contributed by atoms with van der Waals surface area (Å²) in [7, 11) is 0. The Bertz CT molecular complexity index is 1300. The number of aromatic amines is 1. The van der Waals surface area contributed by atoms with Gasteiger partial charge in [-0.05, 0) is 38.1 Å². The minimum Gasteiger partial charge on any atom is -0.324 e. The summed E-state index contributed by atoms with van der Waals surface area (Å²) in [5.74, 6) is 0.600. The molecular weight excluding hydrogens is 406 g/mol. The number of hydrogen-bond acceptors (Lipinski definition) is 6. The number of H-pyrrole nitrogens is 1. The minimum absolute atomic E-state index is 0.222. The highest BCUT2D eigenvalue weighted by Crippen LogP contribution is 2.24. The van der Waals surface area contributed by atoms with E-state index in [1.54, 1.807) is 50.2 Å². The zero-order valence-corrected chi connectivity index (χ0v) is 17.5. The van der Waals surface area contributed by atoms with Gasteiger partial charge in [0.05, 0.1) is 17.1 Å². The van der Waals surface area contributed by atoms with Crippen molar-refractivity contribution in [3.05, 3.63) is 88.3 Å². The fourth-order valence-corrected chi connectivity index (χ4v) is 2.96. The van der Waals surface area contributed by atoms with E-state index in [0.29, 0.717) is 34.1 Å². The van der Waals surface area contributed by atoms with Crippen LogP contribution >= 0.6 is 0 Å². The van der Waals surface area contributed by atoms with Crippen LogP contribution in [0, 0.1) is 13.8 Å². The molecular formula is C23H21N7O2. The molecule has 2 amide bonds. The van der Waals surface area contributed by atoms with Gasteiger partial charge in [-0.25, -0.2) is 9.78 Å². The van der Waals surface area contributed by atoms with Crippen LogP contribution < -0.4 is 21.5 Å². The third-order valence-corrected chi connectivity index (χ3v) is 4.80. The summed E-state index contributed by atoms with van der Waals surface area (Å²) in [5.41, 5.74) is 3.67. The molecule has 0 spiro atoms. The third kappa shape index (κ3) is 4.78. The largest absolute Gasteiger partial charge is 0.324 e. The van der Waals surface area contributed by atoms with Gasteiger partial charge in [0.2, 0.25) is 5.95 Å².